The smallest absolute Gasteiger partial charge is 0.341 e. The molecule has 3 rings (SSSR count). The van der Waals surface area contributed by atoms with Crippen molar-refractivity contribution in [2.75, 3.05) is 5.32 Å². The lowest BCUT2D eigenvalue weighted by molar-refractivity contribution is -0.123. The van der Waals surface area contributed by atoms with Gasteiger partial charge in [0.25, 0.3) is 5.91 Å². The van der Waals surface area contributed by atoms with Crippen LogP contribution in [0.2, 0.25) is 0 Å². The quantitative estimate of drug-likeness (QED) is 0.741. The Kier molecular flexibility index (Phi) is 4.70. The Morgan fingerprint density at radius 1 is 1.04 bits per heavy atom. The minimum Gasteiger partial charge on any atom is -0.449 e. The lowest BCUT2D eigenvalue weighted by Gasteiger charge is -2.15. The molecule has 1 unspecified atom stereocenters. The van der Waals surface area contributed by atoms with Crippen molar-refractivity contribution >= 4 is 28.6 Å². The molecule has 2 aromatic carbocycles. The average Bonchev–Trinajstić information content (AvgIpc) is 2.63. The highest BCUT2D eigenvalue weighted by Crippen LogP contribution is 2.17. The third-order valence-electron chi connectivity index (χ3n) is 3.77. The largest absolute Gasteiger partial charge is 0.449 e. The van der Waals surface area contributed by atoms with Gasteiger partial charge in [-0.3, -0.25) is 14.8 Å². The lowest BCUT2D eigenvalue weighted by Crippen LogP contribution is -2.30. The van der Waals surface area contributed by atoms with E-state index < -0.39 is 18.0 Å². The molecule has 1 heterocycles. The van der Waals surface area contributed by atoms with Gasteiger partial charge in [0.05, 0.1) is 11.1 Å². The van der Waals surface area contributed by atoms with Crippen molar-refractivity contribution in [3.63, 3.8) is 0 Å². The van der Waals surface area contributed by atoms with Gasteiger partial charge >= 0.3 is 5.97 Å². The van der Waals surface area contributed by atoms with Crippen molar-refractivity contribution in [3.05, 3.63) is 66.0 Å². The molecule has 0 radical (unpaired) electrons. The van der Waals surface area contributed by atoms with E-state index in [0.29, 0.717) is 16.7 Å². The monoisotopic (exact) mass is 335 g/mol. The van der Waals surface area contributed by atoms with Crippen LogP contribution in [0, 0.1) is 6.92 Å². The molecule has 0 fully saturated rings. The highest BCUT2D eigenvalue weighted by atomic mass is 16.5. The van der Waals surface area contributed by atoms with Gasteiger partial charge in [0.2, 0.25) is 0 Å². The second-order valence-electron chi connectivity index (χ2n) is 5.58. The molecule has 0 aliphatic heterocycles. The van der Waals surface area contributed by atoms with E-state index in [0.717, 1.165) is 5.56 Å². The van der Waals surface area contributed by atoms with Gasteiger partial charge in [-0.1, -0.05) is 24.3 Å². The molecule has 0 aliphatic carbocycles. The van der Waals surface area contributed by atoms with Crippen molar-refractivity contribution in [1.29, 1.82) is 0 Å². The van der Waals surface area contributed by atoms with Crippen molar-refractivity contribution < 1.29 is 14.3 Å². The van der Waals surface area contributed by atoms with E-state index in [4.69, 9.17) is 4.74 Å². The first-order valence-corrected chi connectivity index (χ1v) is 7.83. The van der Waals surface area contributed by atoms with Crippen molar-refractivity contribution in [2.24, 2.45) is 0 Å². The molecule has 6 nitrogen and oxygen atoms in total. The Balaban J connectivity index is 1.74. The van der Waals surface area contributed by atoms with Gasteiger partial charge in [0.1, 0.15) is 5.52 Å². The first-order chi connectivity index (χ1) is 12.1. The fourth-order valence-corrected chi connectivity index (χ4v) is 2.38. The molecule has 0 spiro atoms. The summed E-state index contributed by atoms with van der Waals surface area (Å²) in [4.78, 5) is 33.0. The predicted molar refractivity (Wildman–Crippen MR) is 94.2 cm³/mol. The van der Waals surface area contributed by atoms with Crippen LogP contribution < -0.4 is 5.32 Å². The minimum atomic E-state index is -0.945. The van der Waals surface area contributed by atoms with Crippen LogP contribution in [0.3, 0.4) is 0 Å². The maximum atomic E-state index is 12.4. The number of benzene rings is 2. The topological polar surface area (TPSA) is 81.2 Å². The van der Waals surface area contributed by atoms with E-state index in [2.05, 4.69) is 15.3 Å². The number of ether oxygens (including phenoxy) is 1. The second-order valence-corrected chi connectivity index (χ2v) is 5.58. The molecule has 0 saturated carbocycles. The van der Waals surface area contributed by atoms with Crippen LogP contribution in [0.1, 0.15) is 22.8 Å². The first kappa shape index (κ1) is 16.6. The average molecular weight is 335 g/mol. The van der Waals surface area contributed by atoms with Gasteiger partial charge in [0, 0.05) is 18.1 Å². The van der Waals surface area contributed by atoms with Crippen LogP contribution in [0.15, 0.2) is 54.9 Å². The second kappa shape index (κ2) is 7.09. The van der Waals surface area contributed by atoms with Crippen molar-refractivity contribution in [1.82, 2.24) is 9.97 Å². The van der Waals surface area contributed by atoms with Gasteiger partial charge in [-0.2, -0.15) is 0 Å². The van der Waals surface area contributed by atoms with Gasteiger partial charge < -0.3 is 10.1 Å². The van der Waals surface area contributed by atoms with Crippen LogP contribution in [-0.2, 0) is 9.53 Å². The van der Waals surface area contributed by atoms with Gasteiger partial charge in [-0.05, 0) is 37.6 Å². The molecule has 25 heavy (non-hydrogen) atoms. The summed E-state index contributed by atoms with van der Waals surface area (Å²) in [5.74, 6) is -1.01. The summed E-state index contributed by atoms with van der Waals surface area (Å²) in [7, 11) is 0. The normalized spacial score (nSPS) is 11.8. The number of fused-ring (bicyclic) bond motifs is 1. The number of nitrogens with one attached hydrogen (secondary N) is 1. The summed E-state index contributed by atoms with van der Waals surface area (Å²) in [5, 5.41) is 2.76. The Bertz CT molecular complexity index is 935. The van der Waals surface area contributed by atoms with Gasteiger partial charge in [-0.25, -0.2) is 4.79 Å². The highest BCUT2D eigenvalue weighted by Gasteiger charge is 2.21. The Labute approximate surface area is 144 Å². The number of aromatic nitrogens is 2. The number of nitrogens with zero attached hydrogens (tertiary/aromatic N) is 2. The van der Waals surface area contributed by atoms with E-state index in [9.17, 15) is 9.59 Å². The van der Waals surface area contributed by atoms with E-state index >= 15 is 0 Å². The molecule has 6 heteroatoms. The summed E-state index contributed by atoms with van der Waals surface area (Å²) < 4.78 is 5.30. The number of hydrogen-bond acceptors (Lipinski definition) is 5. The molecule has 1 atom stereocenters. The summed E-state index contributed by atoms with van der Waals surface area (Å²) in [6.07, 6.45) is 2.11. The number of carbonyl (C=O) groups is 2. The fraction of sp³-hybridized carbons (Fsp3) is 0.158. The first-order valence-electron chi connectivity index (χ1n) is 7.83. The molecule has 3 aromatic rings. The molecule has 1 aromatic heterocycles. The predicted octanol–water partition coefficient (Wildman–Crippen LogP) is 3.12. The lowest BCUT2D eigenvalue weighted by atomic mass is 10.1. The standard InChI is InChI=1S/C19H17N3O3/c1-12-6-3-4-8-15(12)22-18(23)13(2)25-19(24)14-7-5-9-16-17(14)21-11-10-20-16/h3-11,13H,1-2H3,(H,22,23). The molecule has 0 saturated heterocycles. The third kappa shape index (κ3) is 3.63. The number of esters is 1. The fourth-order valence-electron chi connectivity index (χ4n) is 2.38. The van der Waals surface area contributed by atoms with Crippen LogP contribution >= 0.6 is 0 Å². The summed E-state index contributed by atoms with van der Waals surface area (Å²) >= 11 is 0. The Morgan fingerprint density at radius 2 is 1.80 bits per heavy atom. The SMILES string of the molecule is Cc1ccccc1NC(=O)C(C)OC(=O)c1cccc2nccnc12. The maximum absolute atomic E-state index is 12.4. The molecular weight excluding hydrogens is 318 g/mol. The molecule has 0 aliphatic rings. The Morgan fingerprint density at radius 3 is 2.60 bits per heavy atom. The molecule has 1 N–H and O–H groups in total. The van der Waals surface area contributed by atoms with Gasteiger partial charge in [-0.15, -0.1) is 0 Å². The van der Waals surface area contributed by atoms with Crippen LogP contribution in [0.4, 0.5) is 5.69 Å². The number of rotatable bonds is 4. The summed E-state index contributed by atoms with van der Waals surface area (Å²) in [6, 6.07) is 12.5. The third-order valence-corrected chi connectivity index (χ3v) is 3.77. The van der Waals surface area contributed by atoms with E-state index in [1.165, 1.54) is 13.1 Å². The van der Waals surface area contributed by atoms with Gasteiger partial charge in [0.15, 0.2) is 6.10 Å². The number of para-hydroxylation sites is 2. The zero-order chi connectivity index (χ0) is 17.8. The van der Waals surface area contributed by atoms with E-state index in [1.807, 2.05) is 25.1 Å². The molecule has 1 amide bonds. The van der Waals surface area contributed by atoms with Crippen LogP contribution in [0.5, 0.6) is 0 Å². The van der Waals surface area contributed by atoms with E-state index in [1.54, 1.807) is 30.5 Å². The number of hydrogen-bond donors (Lipinski definition) is 1. The summed E-state index contributed by atoms with van der Waals surface area (Å²) in [6.45, 7) is 3.42. The molecular formula is C19H17N3O3. The molecule has 0 bridgehead atoms. The minimum absolute atomic E-state index is 0.279. The summed E-state index contributed by atoms with van der Waals surface area (Å²) in [5.41, 5.74) is 2.93. The number of anilines is 1. The van der Waals surface area contributed by atoms with Crippen molar-refractivity contribution in [2.45, 2.75) is 20.0 Å². The zero-order valence-electron chi connectivity index (χ0n) is 13.9. The van der Waals surface area contributed by atoms with Crippen molar-refractivity contribution in [3.8, 4) is 0 Å². The maximum Gasteiger partial charge on any atom is 0.341 e. The Hall–Kier alpha value is -3.28. The van der Waals surface area contributed by atoms with E-state index in [-0.39, 0.29) is 5.56 Å². The molecule has 126 valence electrons. The van der Waals surface area contributed by atoms with Crippen LogP contribution in [-0.4, -0.2) is 27.9 Å². The van der Waals surface area contributed by atoms with Crippen LogP contribution in [0.25, 0.3) is 11.0 Å². The number of amides is 1. The zero-order valence-corrected chi connectivity index (χ0v) is 13.9. The highest BCUT2D eigenvalue weighted by molar-refractivity contribution is 6.03. The number of aryl methyl sites for hydroxylation is 1. The number of carbonyl (C=O) groups excluding carboxylic acids is 2.